The third kappa shape index (κ3) is 3.30. The molecule has 0 atom stereocenters. The Hall–Kier alpha value is -1.87. The monoisotopic (exact) mass is 378 g/mol. The molecule has 22 heavy (non-hydrogen) atoms. The van der Waals surface area contributed by atoms with Gasteiger partial charge < -0.3 is 10.4 Å². The molecule has 5 nitrogen and oxygen atoms in total. The van der Waals surface area contributed by atoms with Gasteiger partial charge in [-0.15, -0.1) is 0 Å². The van der Waals surface area contributed by atoms with E-state index >= 15 is 0 Å². The van der Waals surface area contributed by atoms with Crippen LogP contribution in [0.4, 0.5) is 18.9 Å². The van der Waals surface area contributed by atoms with Crippen LogP contribution in [0.2, 0.25) is 0 Å². The minimum absolute atomic E-state index is 0.0220. The number of β-amino-alcohol motifs (C(OH)–C–C–N with tert-alkyl or cyclic N) is 1. The van der Waals surface area contributed by atoms with Crippen molar-refractivity contribution >= 4 is 33.4 Å². The molecule has 0 saturated carbocycles. The molecule has 2 N–H and O–H groups in total. The van der Waals surface area contributed by atoms with Crippen LogP contribution in [0, 0.1) is 0 Å². The number of aliphatic hydroxyl groups excluding tert-OH is 1. The van der Waals surface area contributed by atoms with Crippen LogP contribution in [-0.4, -0.2) is 35.0 Å². The van der Waals surface area contributed by atoms with Gasteiger partial charge in [0, 0.05) is 16.2 Å². The largest absolute Gasteiger partial charge is 0.417 e. The second-order valence-electron chi connectivity index (χ2n) is 4.39. The SMILES string of the molecule is O=C1C=C(Nc2ccc(Br)c(C(F)(F)F)c2)C(=O)N1CCO. The molecule has 1 aliphatic heterocycles. The summed E-state index contributed by atoms with van der Waals surface area (Å²) in [4.78, 5) is 24.2. The van der Waals surface area contributed by atoms with Crippen molar-refractivity contribution in [3.8, 4) is 0 Å². The summed E-state index contributed by atoms with van der Waals surface area (Å²) < 4.78 is 38.3. The molecule has 118 valence electrons. The smallest absolute Gasteiger partial charge is 0.395 e. The molecule has 1 heterocycles. The number of benzene rings is 1. The second kappa shape index (κ2) is 6.09. The lowest BCUT2D eigenvalue weighted by Crippen LogP contribution is -2.34. The lowest BCUT2D eigenvalue weighted by Gasteiger charge is -2.15. The van der Waals surface area contributed by atoms with Crippen LogP contribution in [0.3, 0.4) is 0 Å². The van der Waals surface area contributed by atoms with Crippen LogP contribution in [0.5, 0.6) is 0 Å². The Morgan fingerprint density at radius 1 is 1.27 bits per heavy atom. The standard InChI is InChI=1S/C13H10BrF3N2O3/c14-9-2-1-7(5-8(9)13(15,16)17)18-10-6-11(21)19(3-4-20)12(10)22/h1-2,5-6,18,20H,3-4H2. The molecule has 0 saturated heterocycles. The number of anilines is 1. The third-order valence-electron chi connectivity index (χ3n) is 2.88. The molecule has 0 aromatic heterocycles. The number of aliphatic hydroxyl groups is 1. The summed E-state index contributed by atoms with van der Waals surface area (Å²) in [5.74, 6) is -1.33. The number of halogens is 4. The van der Waals surface area contributed by atoms with Crippen molar-refractivity contribution in [1.82, 2.24) is 4.90 Å². The number of hydrogen-bond donors (Lipinski definition) is 2. The van der Waals surface area contributed by atoms with E-state index in [4.69, 9.17) is 5.11 Å². The van der Waals surface area contributed by atoms with E-state index in [1.54, 1.807) is 0 Å². The van der Waals surface area contributed by atoms with Gasteiger partial charge in [0.15, 0.2) is 0 Å². The predicted octanol–water partition coefficient (Wildman–Crippen LogP) is 2.12. The molecule has 1 aromatic rings. The lowest BCUT2D eigenvalue weighted by atomic mass is 10.2. The van der Waals surface area contributed by atoms with Crippen molar-refractivity contribution in [2.24, 2.45) is 0 Å². The van der Waals surface area contributed by atoms with Crippen LogP contribution in [0.1, 0.15) is 5.56 Å². The highest BCUT2D eigenvalue weighted by Gasteiger charge is 2.34. The zero-order valence-electron chi connectivity index (χ0n) is 10.9. The van der Waals surface area contributed by atoms with Gasteiger partial charge in [0.25, 0.3) is 11.8 Å². The summed E-state index contributed by atoms with van der Waals surface area (Å²) in [5, 5.41) is 11.3. The van der Waals surface area contributed by atoms with Crippen molar-refractivity contribution in [3.63, 3.8) is 0 Å². The molecular formula is C13H10BrF3N2O3. The first-order valence-corrected chi connectivity index (χ1v) is 6.85. The third-order valence-corrected chi connectivity index (χ3v) is 3.58. The van der Waals surface area contributed by atoms with Gasteiger partial charge in [-0.05, 0) is 18.2 Å². The van der Waals surface area contributed by atoms with Crippen LogP contribution in [0.15, 0.2) is 34.4 Å². The number of amides is 2. The first-order chi connectivity index (χ1) is 10.2. The quantitative estimate of drug-likeness (QED) is 0.787. The molecule has 0 spiro atoms. The van der Waals surface area contributed by atoms with Gasteiger partial charge >= 0.3 is 6.18 Å². The fourth-order valence-corrected chi connectivity index (χ4v) is 2.36. The minimum atomic E-state index is -4.55. The number of carbonyl (C=O) groups is 2. The van der Waals surface area contributed by atoms with E-state index in [0.717, 1.165) is 17.0 Å². The number of nitrogens with zero attached hydrogens (tertiary/aromatic N) is 1. The van der Waals surface area contributed by atoms with Gasteiger partial charge in [-0.2, -0.15) is 13.2 Å². The molecule has 2 amide bonds. The molecule has 0 radical (unpaired) electrons. The Balaban J connectivity index is 2.24. The van der Waals surface area contributed by atoms with Crippen molar-refractivity contribution < 1.29 is 27.9 Å². The molecule has 1 aromatic carbocycles. The maximum atomic E-state index is 12.8. The average Bonchev–Trinajstić information content (AvgIpc) is 2.68. The molecule has 9 heteroatoms. The molecule has 0 fully saturated rings. The highest BCUT2D eigenvalue weighted by Crippen LogP contribution is 2.36. The number of alkyl halides is 3. The Bertz CT molecular complexity index is 658. The summed E-state index contributed by atoms with van der Waals surface area (Å²) in [6, 6.07) is 3.36. The summed E-state index contributed by atoms with van der Waals surface area (Å²) in [6.07, 6.45) is -3.57. The van der Waals surface area contributed by atoms with Gasteiger partial charge in [-0.1, -0.05) is 15.9 Å². The van der Waals surface area contributed by atoms with Gasteiger partial charge in [0.2, 0.25) is 0 Å². The summed E-state index contributed by atoms with van der Waals surface area (Å²) in [6.45, 7) is -0.567. The van der Waals surface area contributed by atoms with Gasteiger partial charge in [-0.3, -0.25) is 14.5 Å². The Labute approximate surface area is 131 Å². The normalized spacial score (nSPS) is 15.3. The van der Waals surface area contributed by atoms with E-state index in [-0.39, 0.29) is 22.4 Å². The fourth-order valence-electron chi connectivity index (χ4n) is 1.89. The first-order valence-electron chi connectivity index (χ1n) is 6.06. The van der Waals surface area contributed by atoms with Crippen LogP contribution < -0.4 is 5.32 Å². The maximum Gasteiger partial charge on any atom is 0.417 e. The van der Waals surface area contributed by atoms with E-state index in [1.165, 1.54) is 12.1 Å². The molecule has 1 aliphatic rings. The first kappa shape index (κ1) is 16.5. The van der Waals surface area contributed by atoms with Gasteiger partial charge in [0.05, 0.1) is 18.7 Å². The van der Waals surface area contributed by atoms with Crippen LogP contribution in [-0.2, 0) is 15.8 Å². The van der Waals surface area contributed by atoms with Gasteiger partial charge in [-0.25, -0.2) is 0 Å². The number of carbonyl (C=O) groups excluding carboxylic acids is 2. The van der Waals surface area contributed by atoms with Crippen LogP contribution >= 0.6 is 15.9 Å². The lowest BCUT2D eigenvalue weighted by molar-refractivity contribution is -0.138. The summed E-state index contributed by atoms with van der Waals surface area (Å²) >= 11 is 2.81. The number of rotatable bonds is 4. The van der Waals surface area contributed by atoms with E-state index in [1.807, 2.05) is 0 Å². The average molecular weight is 379 g/mol. The molecule has 0 unspecified atom stereocenters. The molecule has 0 aliphatic carbocycles. The predicted molar refractivity (Wildman–Crippen MR) is 74.7 cm³/mol. The Morgan fingerprint density at radius 3 is 2.55 bits per heavy atom. The van der Waals surface area contributed by atoms with E-state index < -0.39 is 30.2 Å². The zero-order valence-corrected chi connectivity index (χ0v) is 12.5. The summed E-state index contributed by atoms with van der Waals surface area (Å²) in [7, 11) is 0. The van der Waals surface area contributed by atoms with Crippen LogP contribution in [0.25, 0.3) is 0 Å². The molecule has 2 rings (SSSR count). The Kier molecular flexibility index (Phi) is 4.57. The maximum absolute atomic E-state index is 12.8. The highest BCUT2D eigenvalue weighted by molar-refractivity contribution is 9.10. The van der Waals surface area contributed by atoms with Crippen molar-refractivity contribution in [1.29, 1.82) is 0 Å². The molecule has 0 bridgehead atoms. The van der Waals surface area contributed by atoms with Crippen molar-refractivity contribution in [2.45, 2.75) is 6.18 Å². The fraction of sp³-hybridized carbons (Fsp3) is 0.231. The second-order valence-corrected chi connectivity index (χ2v) is 5.25. The van der Waals surface area contributed by atoms with Crippen molar-refractivity contribution in [3.05, 3.63) is 40.0 Å². The van der Waals surface area contributed by atoms with E-state index in [9.17, 15) is 22.8 Å². The number of nitrogens with one attached hydrogen (secondary N) is 1. The topological polar surface area (TPSA) is 69.6 Å². The molecular weight excluding hydrogens is 369 g/mol. The summed E-state index contributed by atoms with van der Waals surface area (Å²) in [5.41, 5.74) is -1.02. The number of hydrogen-bond acceptors (Lipinski definition) is 4. The van der Waals surface area contributed by atoms with Gasteiger partial charge in [0.1, 0.15) is 5.70 Å². The Morgan fingerprint density at radius 2 is 1.95 bits per heavy atom. The van der Waals surface area contributed by atoms with E-state index in [0.29, 0.717) is 0 Å². The van der Waals surface area contributed by atoms with E-state index in [2.05, 4.69) is 21.2 Å². The van der Waals surface area contributed by atoms with Crippen molar-refractivity contribution in [2.75, 3.05) is 18.5 Å². The minimum Gasteiger partial charge on any atom is -0.395 e. The highest BCUT2D eigenvalue weighted by atomic mass is 79.9. The number of imide groups is 1. The zero-order chi connectivity index (χ0) is 16.5.